The largest absolute Gasteiger partial charge is 0.389 e. The van der Waals surface area contributed by atoms with E-state index in [0.717, 1.165) is 19.4 Å². The Balaban J connectivity index is 2.13. The molecule has 0 aromatic carbocycles. The molecule has 1 aliphatic heterocycles. The van der Waals surface area contributed by atoms with Gasteiger partial charge in [0, 0.05) is 25.4 Å². The van der Waals surface area contributed by atoms with E-state index in [9.17, 15) is 18.0 Å². The predicted molar refractivity (Wildman–Crippen MR) is 63.1 cm³/mol. The Bertz CT molecular complexity index is 269. The highest BCUT2D eigenvalue weighted by molar-refractivity contribution is 5.76. The van der Waals surface area contributed by atoms with E-state index in [1.807, 2.05) is 0 Å². The lowest BCUT2D eigenvalue weighted by Crippen LogP contribution is -2.43. The maximum absolute atomic E-state index is 11.9. The number of rotatable bonds is 5. The van der Waals surface area contributed by atoms with E-state index in [0.29, 0.717) is 12.3 Å². The van der Waals surface area contributed by atoms with E-state index in [1.54, 1.807) is 0 Å². The van der Waals surface area contributed by atoms with Crippen molar-refractivity contribution in [1.29, 1.82) is 0 Å². The quantitative estimate of drug-likeness (QED) is 0.749. The van der Waals surface area contributed by atoms with Gasteiger partial charge in [0.1, 0.15) is 0 Å². The summed E-state index contributed by atoms with van der Waals surface area (Å²) in [4.78, 5) is 11.5. The van der Waals surface area contributed by atoms with Crippen LogP contribution in [0.5, 0.6) is 0 Å². The van der Waals surface area contributed by atoms with Gasteiger partial charge in [0.15, 0.2) is 0 Å². The first-order valence-corrected chi connectivity index (χ1v) is 6.45. The molecule has 2 N–H and O–H groups in total. The molecule has 0 radical (unpaired) electrons. The van der Waals surface area contributed by atoms with Crippen molar-refractivity contribution in [2.45, 2.75) is 51.2 Å². The lowest BCUT2D eigenvalue weighted by atomic mass is 9.90. The molecule has 1 aliphatic rings. The maximum atomic E-state index is 11.9. The van der Waals surface area contributed by atoms with Gasteiger partial charge in [0.25, 0.3) is 0 Å². The Kier molecular flexibility index (Phi) is 5.91. The van der Waals surface area contributed by atoms with Gasteiger partial charge in [-0.1, -0.05) is 6.92 Å². The topological polar surface area (TPSA) is 41.1 Å². The number of amides is 1. The van der Waals surface area contributed by atoms with Crippen molar-refractivity contribution in [2.24, 2.45) is 5.92 Å². The van der Waals surface area contributed by atoms with E-state index in [-0.39, 0.29) is 24.9 Å². The first-order chi connectivity index (χ1) is 8.38. The van der Waals surface area contributed by atoms with Crippen LogP contribution in [-0.2, 0) is 4.79 Å². The Morgan fingerprint density at radius 1 is 1.44 bits per heavy atom. The zero-order chi connectivity index (χ0) is 13.6. The Morgan fingerprint density at radius 3 is 2.78 bits per heavy atom. The number of hydrogen-bond acceptors (Lipinski definition) is 2. The van der Waals surface area contributed by atoms with Crippen LogP contribution in [0, 0.1) is 5.92 Å². The summed E-state index contributed by atoms with van der Waals surface area (Å²) in [6, 6.07) is 0.154. The number of nitrogens with one attached hydrogen (secondary N) is 2. The van der Waals surface area contributed by atoms with Crippen LogP contribution < -0.4 is 10.6 Å². The first-order valence-electron chi connectivity index (χ1n) is 6.45. The van der Waals surface area contributed by atoms with Gasteiger partial charge in [-0.2, -0.15) is 13.2 Å². The molecule has 1 heterocycles. The van der Waals surface area contributed by atoms with Crippen molar-refractivity contribution < 1.29 is 18.0 Å². The Hall–Kier alpha value is -0.780. The molecule has 6 heteroatoms. The van der Waals surface area contributed by atoms with Gasteiger partial charge in [0.2, 0.25) is 5.91 Å². The number of piperidine rings is 1. The zero-order valence-corrected chi connectivity index (χ0v) is 10.6. The molecule has 18 heavy (non-hydrogen) atoms. The van der Waals surface area contributed by atoms with Crippen LogP contribution in [0.2, 0.25) is 0 Å². The van der Waals surface area contributed by atoms with Gasteiger partial charge in [0.05, 0.1) is 0 Å². The van der Waals surface area contributed by atoms with Crippen molar-refractivity contribution in [2.75, 3.05) is 13.1 Å². The van der Waals surface area contributed by atoms with Crippen LogP contribution >= 0.6 is 0 Å². The number of alkyl halides is 3. The normalized spacial score (nSPS) is 24.9. The highest BCUT2D eigenvalue weighted by Gasteiger charge is 2.26. The van der Waals surface area contributed by atoms with E-state index >= 15 is 0 Å². The summed E-state index contributed by atoms with van der Waals surface area (Å²) in [7, 11) is 0. The maximum Gasteiger partial charge on any atom is 0.389 e. The van der Waals surface area contributed by atoms with Crippen LogP contribution in [0.15, 0.2) is 0 Å². The molecule has 1 rings (SSSR count). The molecule has 3 nitrogen and oxygen atoms in total. The van der Waals surface area contributed by atoms with Crippen LogP contribution in [0.25, 0.3) is 0 Å². The summed E-state index contributed by atoms with van der Waals surface area (Å²) in [5, 5.41) is 5.82. The molecule has 106 valence electrons. The molecular formula is C12H21F3N2O. The molecule has 0 aromatic rings. The standard InChI is InChI=1S/C12H21F3N2O/c1-9-4-2-6-16-10(9)8-11(18)17-7-3-5-12(13,14)15/h9-10,16H,2-8H2,1H3,(H,17,18). The lowest BCUT2D eigenvalue weighted by Gasteiger charge is -2.29. The number of carbonyl (C=O) groups excluding carboxylic acids is 1. The number of hydrogen-bond donors (Lipinski definition) is 2. The minimum absolute atomic E-state index is 0.0527. The molecule has 0 spiro atoms. The zero-order valence-electron chi connectivity index (χ0n) is 10.6. The molecule has 0 aromatic heterocycles. The summed E-state index contributed by atoms with van der Waals surface area (Å²) in [5.41, 5.74) is 0. The molecule has 2 atom stereocenters. The summed E-state index contributed by atoms with van der Waals surface area (Å²) < 4.78 is 35.6. The average Bonchev–Trinajstić information content (AvgIpc) is 2.26. The Labute approximate surface area is 106 Å². The second kappa shape index (κ2) is 6.97. The van der Waals surface area contributed by atoms with Crippen LogP contribution in [0.3, 0.4) is 0 Å². The molecule has 0 bridgehead atoms. The van der Waals surface area contributed by atoms with Gasteiger partial charge in [-0.05, 0) is 31.7 Å². The second-order valence-electron chi connectivity index (χ2n) is 4.95. The number of carbonyl (C=O) groups is 1. The van der Waals surface area contributed by atoms with Crippen LogP contribution in [0.1, 0.15) is 39.0 Å². The third-order valence-electron chi connectivity index (χ3n) is 3.29. The average molecular weight is 266 g/mol. The van der Waals surface area contributed by atoms with Crippen molar-refractivity contribution in [3.63, 3.8) is 0 Å². The summed E-state index contributed by atoms with van der Waals surface area (Å²) >= 11 is 0. The fourth-order valence-corrected chi connectivity index (χ4v) is 2.18. The van der Waals surface area contributed by atoms with Crippen molar-refractivity contribution in [3.8, 4) is 0 Å². The van der Waals surface area contributed by atoms with Gasteiger partial charge in [-0.3, -0.25) is 4.79 Å². The lowest BCUT2D eigenvalue weighted by molar-refractivity contribution is -0.136. The second-order valence-corrected chi connectivity index (χ2v) is 4.95. The predicted octanol–water partition coefficient (Wildman–Crippen LogP) is 2.22. The number of halogens is 3. The SMILES string of the molecule is CC1CCCNC1CC(=O)NCCCC(F)(F)F. The minimum atomic E-state index is -4.13. The monoisotopic (exact) mass is 266 g/mol. The van der Waals surface area contributed by atoms with E-state index in [4.69, 9.17) is 0 Å². The molecule has 1 amide bonds. The van der Waals surface area contributed by atoms with Crippen molar-refractivity contribution >= 4 is 5.91 Å². The van der Waals surface area contributed by atoms with Gasteiger partial charge >= 0.3 is 6.18 Å². The van der Waals surface area contributed by atoms with E-state index in [1.165, 1.54) is 0 Å². The van der Waals surface area contributed by atoms with Gasteiger partial charge in [-0.15, -0.1) is 0 Å². The Morgan fingerprint density at radius 2 is 2.17 bits per heavy atom. The first kappa shape index (κ1) is 15.3. The molecular weight excluding hydrogens is 245 g/mol. The summed E-state index contributed by atoms with van der Waals surface area (Å²) in [6.45, 7) is 3.10. The van der Waals surface area contributed by atoms with Crippen LogP contribution in [0.4, 0.5) is 13.2 Å². The molecule has 0 saturated carbocycles. The molecule has 0 aliphatic carbocycles. The minimum Gasteiger partial charge on any atom is -0.356 e. The van der Waals surface area contributed by atoms with Gasteiger partial charge in [-0.25, -0.2) is 0 Å². The fraction of sp³-hybridized carbons (Fsp3) is 0.917. The fourth-order valence-electron chi connectivity index (χ4n) is 2.18. The van der Waals surface area contributed by atoms with E-state index < -0.39 is 12.6 Å². The third-order valence-corrected chi connectivity index (χ3v) is 3.29. The highest BCUT2D eigenvalue weighted by atomic mass is 19.4. The highest BCUT2D eigenvalue weighted by Crippen LogP contribution is 2.21. The third kappa shape index (κ3) is 6.23. The van der Waals surface area contributed by atoms with Crippen molar-refractivity contribution in [1.82, 2.24) is 10.6 Å². The van der Waals surface area contributed by atoms with Crippen LogP contribution in [-0.4, -0.2) is 31.2 Å². The smallest absolute Gasteiger partial charge is 0.356 e. The van der Waals surface area contributed by atoms with Crippen molar-refractivity contribution in [3.05, 3.63) is 0 Å². The summed E-state index contributed by atoms with van der Waals surface area (Å²) in [5.74, 6) is 0.281. The van der Waals surface area contributed by atoms with E-state index in [2.05, 4.69) is 17.6 Å². The summed E-state index contributed by atoms with van der Waals surface area (Å²) in [6.07, 6.45) is -2.46. The molecule has 1 saturated heterocycles. The molecule has 1 fully saturated rings. The molecule has 2 unspecified atom stereocenters. The van der Waals surface area contributed by atoms with Gasteiger partial charge < -0.3 is 10.6 Å².